The van der Waals surface area contributed by atoms with E-state index in [2.05, 4.69) is 22.5 Å². The summed E-state index contributed by atoms with van der Waals surface area (Å²) < 4.78 is 0. The van der Waals surface area contributed by atoms with Gasteiger partial charge in [-0.1, -0.05) is 25.0 Å². The molecule has 1 saturated carbocycles. The van der Waals surface area contributed by atoms with Crippen molar-refractivity contribution in [1.29, 1.82) is 0 Å². The maximum absolute atomic E-state index is 13.4. The Kier molecular flexibility index (Phi) is 4.25. The summed E-state index contributed by atoms with van der Waals surface area (Å²) in [6, 6.07) is 7.99. The molecule has 6 heteroatoms. The summed E-state index contributed by atoms with van der Waals surface area (Å²) in [5.41, 5.74) is 0.881. The number of nitrogens with zero attached hydrogens (tertiary/aromatic N) is 2. The molecule has 2 amide bonds. The summed E-state index contributed by atoms with van der Waals surface area (Å²) >= 11 is 0. The molecule has 0 unspecified atom stereocenters. The zero-order valence-corrected chi connectivity index (χ0v) is 14.8. The van der Waals surface area contributed by atoms with E-state index >= 15 is 0 Å². The highest BCUT2D eigenvalue weighted by molar-refractivity contribution is 6.15. The zero-order chi connectivity index (χ0) is 17.4. The number of amides is 2. The second-order valence-electron chi connectivity index (χ2n) is 7.46. The van der Waals surface area contributed by atoms with Gasteiger partial charge in [0.15, 0.2) is 0 Å². The van der Waals surface area contributed by atoms with Crippen LogP contribution in [0.4, 0.5) is 11.4 Å². The number of nitrogens with one attached hydrogen (secondary N) is 2. The van der Waals surface area contributed by atoms with Crippen LogP contribution in [0.2, 0.25) is 0 Å². The largest absolute Gasteiger partial charge is 0.322 e. The van der Waals surface area contributed by atoms with E-state index in [1.54, 1.807) is 0 Å². The van der Waals surface area contributed by atoms with E-state index in [4.69, 9.17) is 0 Å². The van der Waals surface area contributed by atoms with E-state index in [1.807, 2.05) is 29.2 Å². The number of hydrogen-bond donors (Lipinski definition) is 2. The summed E-state index contributed by atoms with van der Waals surface area (Å²) in [7, 11) is 0. The maximum atomic E-state index is 13.4. The Balaban J connectivity index is 1.68. The SMILES string of the molecule is C[C@H]1CNCCN1CC(=O)N1c2ccccc2NC(=O)C12CCCC2. The van der Waals surface area contributed by atoms with Crippen molar-refractivity contribution in [2.75, 3.05) is 36.4 Å². The quantitative estimate of drug-likeness (QED) is 0.856. The highest BCUT2D eigenvalue weighted by atomic mass is 16.2. The van der Waals surface area contributed by atoms with Gasteiger partial charge in [-0.2, -0.15) is 0 Å². The highest BCUT2D eigenvalue weighted by Gasteiger charge is 2.52. The average molecular weight is 342 g/mol. The molecule has 0 aromatic heterocycles. The fraction of sp³-hybridized carbons (Fsp3) is 0.579. The molecule has 1 aromatic rings. The first-order chi connectivity index (χ1) is 12.1. The second kappa shape index (κ2) is 6.42. The normalized spacial score (nSPS) is 25.7. The van der Waals surface area contributed by atoms with Crippen LogP contribution in [-0.4, -0.2) is 54.5 Å². The van der Waals surface area contributed by atoms with E-state index in [0.717, 1.165) is 56.7 Å². The predicted octanol–water partition coefficient (Wildman–Crippen LogP) is 1.58. The van der Waals surface area contributed by atoms with Crippen LogP contribution in [-0.2, 0) is 9.59 Å². The third kappa shape index (κ3) is 2.73. The molecule has 25 heavy (non-hydrogen) atoms. The molecule has 2 N–H and O–H groups in total. The van der Waals surface area contributed by atoms with Crippen molar-refractivity contribution in [1.82, 2.24) is 10.2 Å². The first-order valence-electron chi connectivity index (χ1n) is 9.30. The van der Waals surface area contributed by atoms with Gasteiger partial charge in [0.2, 0.25) is 5.91 Å². The summed E-state index contributed by atoms with van der Waals surface area (Å²) in [5, 5.41) is 6.39. The van der Waals surface area contributed by atoms with Crippen LogP contribution in [0.5, 0.6) is 0 Å². The molecule has 1 saturated heterocycles. The predicted molar refractivity (Wildman–Crippen MR) is 97.7 cm³/mol. The summed E-state index contributed by atoms with van der Waals surface area (Å²) in [4.78, 5) is 30.3. The first kappa shape index (κ1) is 16.5. The lowest BCUT2D eigenvalue weighted by molar-refractivity contribution is -0.128. The molecule has 1 spiro atoms. The van der Waals surface area contributed by atoms with Crippen LogP contribution < -0.4 is 15.5 Å². The molecule has 2 fully saturated rings. The molecular weight excluding hydrogens is 316 g/mol. The van der Waals surface area contributed by atoms with Crippen LogP contribution >= 0.6 is 0 Å². The monoisotopic (exact) mass is 342 g/mol. The number of benzene rings is 1. The van der Waals surface area contributed by atoms with Gasteiger partial charge in [-0.25, -0.2) is 0 Å². The van der Waals surface area contributed by atoms with Gasteiger partial charge >= 0.3 is 0 Å². The molecular formula is C19H26N4O2. The van der Waals surface area contributed by atoms with Crippen LogP contribution in [0.3, 0.4) is 0 Å². The minimum Gasteiger partial charge on any atom is -0.322 e. The van der Waals surface area contributed by atoms with E-state index in [0.29, 0.717) is 12.6 Å². The molecule has 2 aliphatic heterocycles. The smallest absolute Gasteiger partial charge is 0.250 e. The zero-order valence-electron chi connectivity index (χ0n) is 14.8. The van der Waals surface area contributed by atoms with Crippen molar-refractivity contribution in [3.8, 4) is 0 Å². The van der Waals surface area contributed by atoms with Gasteiger partial charge in [0.1, 0.15) is 5.54 Å². The lowest BCUT2D eigenvalue weighted by Gasteiger charge is -2.45. The van der Waals surface area contributed by atoms with Gasteiger partial charge in [0.25, 0.3) is 5.91 Å². The van der Waals surface area contributed by atoms with E-state index in [1.165, 1.54) is 0 Å². The minimum absolute atomic E-state index is 0.0228. The standard InChI is InChI=1S/C19H26N4O2/c1-14-12-20-10-11-22(14)13-17(24)23-16-7-3-2-6-15(16)21-18(25)19(23)8-4-5-9-19/h2-3,6-7,14,20H,4-5,8-13H2,1H3,(H,21,25)/t14-/m0/s1. The lowest BCUT2D eigenvalue weighted by atomic mass is 9.89. The molecule has 3 aliphatic rings. The Hall–Kier alpha value is -1.92. The Bertz CT molecular complexity index is 684. The molecule has 0 bridgehead atoms. The Morgan fingerprint density at radius 3 is 2.80 bits per heavy atom. The number of fused-ring (bicyclic) bond motifs is 1. The lowest BCUT2D eigenvalue weighted by Crippen LogP contribution is -2.63. The molecule has 1 aromatic carbocycles. The van der Waals surface area contributed by atoms with Gasteiger partial charge < -0.3 is 10.6 Å². The number of anilines is 2. The summed E-state index contributed by atoms with van der Waals surface area (Å²) in [5.74, 6) is 0.0170. The van der Waals surface area contributed by atoms with Crippen molar-refractivity contribution >= 4 is 23.2 Å². The van der Waals surface area contributed by atoms with Gasteiger partial charge in [-0.15, -0.1) is 0 Å². The van der Waals surface area contributed by atoms with E-state index in [-0.39, 0.29) is 11.8 Å². The summed E-state index contributed by atoms with van der Waals surface area (Å²) in [6.45, 7) is 5.17. The first-order valence-corrected chi connectivity index (χ1v) is 9.30. The molecule has 1 aliphatic carbocycles. The van der Waals surface area contributed by atoms with Gasteiger partial charge in [-0.05, 0) is 31.9 Å². The van der Waals surface area contributed by atoms with Gasteiger partial charge in [0, 0.05) is 25.7 Å². The van der Waals surface area contributed by atoms with Crippen molar-refractivity contribution in [2.24, 2.45) is 0 Å². The van der Waals surface area contributed by atoms with Crippen LogP contribution in [0.15, 0.2) is 24.3 Å². The Morgan fingerprint density at radius 1 is 1.28 bits per heavy atom. The van der Waals surface area contributed by atoms with Gasteiger partial charge in [0.05, 0.1) is 17.9 Å². The van der Waals surface area contributed by atoms with Crippen molar-refractivity contribution < 1.29 is 9.59 Å². The van der Waals surface area contributed by atoms with Crippen molar-refractivity contribution in [3.05, 3.63) is 24.3 Å². The summed E-state index contributed by atoms with van der Waals surface area (Å²) in [6.07, 6.45) is 3.47. The van der Waals surface area contributed by atoms with Crippen molar-refractivity contribution in [2.45, 2.75) is 44.2 Å². The number of hydrogen-bond acceptors (Lipinski definition) is 4. The Labute approximate surface area is 148 Å². The molecule has 1 atom stereocenters. The second-order valence-corrected chi connectivity index (χ2v) is 7.46. The van der Waals surface area contributed by atoms with Crippen molar-refractivity contribution in [3.63, 3.8) is 0 Å². The molecule has 2 heterocycles. The molecule has 134 valence electrons. The molecule has 4 rings (SSSR count). The van der Waals surface area contributed by atoms with Crippen LogP contribution in [0.25, 0.3) is 0 Å². The number of piperazine rings is 1. The average Bonchev–Trinajstić information content (AvgIpc) is 3.08. The van der Waals surface area contributed by atoms with E-state index < -0.39 is 5.54 Å². The number of carbonyl (C=O) groups excluding carboxylic acids is 2. The highest BCUT2D eigenvalue weighted by Crippen LogP contribution is 2.45. The van der Waals surface area contributed by atoms with Gasteiger partial charge in [-0.3, -0.25) is 19.4 Å². The number of carbonyl (C=O) groups is 2. The number of rotatable bonds is 2. The third-order valence-electron chi connectivity index (χ3n) is 5.90. The molecule has 6 nitrogen and oxygen atoms in total. The minimum atomic E-state index is -0.706. The van der Waals surface area contributed by atoms with Crippen LogP contribution in [0, 0.1) is 0 Å². The Morgan fingerprint density at radius 2 is 2.04 bits per heavy atom. The van der Waals surface area contributed by atoms with E-state index in [9.17, 15) is 9.59 Å². The maximum Gasteiger partial charge on any atom is 0.250 e. The fourth-order valence-electron chi connectivity index (χ4n) is 4.49. The number of para-hydroxylation sites is 2. The fourth-order valence-corrected chi connectivity index (χ4v) is 4.49. The van der Waals surface area contributed by atoms with Crippen LogP contribution in [0.1, 0.15) is 32.6 Å². The topological polar surface area (TPSA) is 64.7 Å². The molecule has 0 radical (unpaired) electrons. The third-order valence-corrected chi connectivity index (χ3v) is 5.90.